The van der Waals surface area contributed by atoms with Crippen molar-refractivity contribution >= 4 is 65.4 Å². The molecule has 0 N–H and O–H groups in total. The van der Waals surface area contributed by atoms with Gasteiger partial charge in [-0.05, 0) is 164 Å². The summed E-state index contributed by atoms with van der Waals surface area (Å²) in [5.41, 5.74) is 38.7. The van der Waals surface area contributed by atoms with Gasteiger partial charge in [0.05, 0.1) is 33.1 Å². The molecule has 0 saturated carbocycles. The monoisotopic (exact) mass is 1480 g/mol. The smallest absolute Gasteiger partial charge is 0.116 e. The SMILES string of the molecule is CC1(C)c2ccccc2-c2c1ccc1cncnc21.CC1(C)c2ccccc2-c2c1ccc1ncncc21.CC1(C)c2ccccc2-c2cc3cncnc3cc21.CC1(C)c2ccccc2-c2cc3ncncc3cc21.CC1(C)c2ccccc2-c2ccc3cncnc3c21.CC1(C)c2ccccc2-c2ccc3ncncc3c21. The molecule has 0 fully saturated rings. The molecule has 12 nitrogen and oxygen atoms in total. The van der Waals surface area contributed by atoms with Crippen LogP contribution >= 0.6 is 0 Å². The first kappa shape index (κ1) is 71.0. The van der Waals surface area contributed by atoms with E-state index in [2.05, 4.69) is 361 Å². The first-order valence-corrected chi connectivity index (χ1v) is 39.1. The van der Waals surface area contributed by atoms with Crippen LogP contribution in [0.4, 0.5) is 0 Å². The number of hydrogen-bond acceptors (Lipinski definition) is 12. The Labute approximate surface area is 663 Å². The van der Waals surface area contributed by atoms with E-state index in [1.807, 2.05) is 37.2 Å². The second kappa shape index (κ2) is 26.7. The van der Waals surface area contributed by atoms with E-state index in [9.17, 15) is 0 Å². The van der Waals surface area contributed by atoms with Crippen LogP contribution in [0.15, 0.2) is 294 Å². The van der Waals surface area contributed by atoms with Crippen molar-refractivity contribution in [2.24, 2.45) is 0 Å². The molecule has 0 amide bonds. The highest BCUT2D eigenvalue weighted by molar-refractivity contribution is 6.03. The molecule has 0 spiro atoms. The summed E-state index contributed by atoms with van der Waals surface area (Å²) < 4.78 is 0. The highest BCUT2D eigenvalue weighted by atomic mass is 14.8. The lowest BCUT2D eigenvalue weighted by molar-refractivity contribution is 0.660. The molecule has 6 aromatic heterocycles. The number of rotatable bonds is 0. The molecule has 24 rings (SSSR count). The third-order valence-corrected chi connectivity index (χ3v) is 25.3. The Morgan fingerprint density at radius 2 is 0.526 bits per heavy atom. The Morgan fingerprint density at radius 3 is 1.09 bits per heavy atom. The van der Waals surface area contributed by atoms with Gasteiger partial charge in [-0.2, -0.15) is 0 Å². The van der Waals surface area contributed by atoms with Gasteiger partial charge in [-0.25, -0.2) is 59.8 Å². The predicted octanol–water partition coefficient (Wildman–Crippen LogP) is 23.6. The van der Waals surface area contributed by atoms with Gasteiger partial charge >= 0.3 is 0 Å². The molecular formula is C102H84N12. The van der Waals surface area contributed by atoms with E-state index in [0.29, 0.717) is 0 Å². The molecule has 0 saturated heterocycles. The fourth-order valence-corrected chi connectivity index (χ4v) is 19.5. The van der Waals surface area contributed by atoms with Crippen molar-refractivity contribution in [3.63, 3.8) is 0 Å². The maximum Gasteiger partial charge on any atom is 0.116 e. The van der Waals surface area contributed by atoms with Gasteiger partial charge in [0.1, 0.15) is 38.0 Å². The van der Waals surface area contributed by atoms with Crippen molar-refractivity contribution in [1.82, 2.24) is 59.8 Å². The summed E-state index contributed by atoms with van der Waals surface area (Å²) in [6, 6.07) is 78.0. The highest BCUT2D eigenvalue weighted by Crippen LogP contribution is 2.56. The molecule has 6 aliphatic carbocycles. The van der Waals surface area contributed by atoms with Crippen molar-refractivity contribution in [2.75, 3.05) is 0 Å². The maximum atomic E-state index is 4.52. The van der Waals surface area contributed by atoms with Gasteiger partial charge < -0.3 is 0 Å². The van der Waals surface area contributed by atoms with Crippen LogP contribution in [0.1, 0.15) is 150 Å². The molecule has 552 valence electrons. The standard InChI is InChI=1S/6C17H14N2/c1-17(2)14-6-4-3-5-12(14)13-8-16-11(7-15(13)17)9-18-10-19-16;1-17(2)14-6-4-3-5-12(14)13-7-11-9-18-10-19-16(11)8-15(13)17;1-17(2)14-6-4-3-5-12(14)13-8-7-11-9-18-10-19-16(11)15(13)17;1-17(2)13-6-4-3-5-12(13)15-14(17)8-7-11-9-18-10-19-16(11)15;1-17(2)13-6-4-3-5-11(13)16-12-9-18-10-19-15(12)8-7-14(16)17;1-17(2)14-6-4-3-5-11(14)12-7-8-15-13(16(12)17)9-18-10-19-15/h6*3-10H,1-2H3. The van der Waals surface area contributed by atoms with Crippen LogP contribution in [0.2, 0.25) is 0 Å². The lowest BCUT2D eigenvalue weighted by Crippen LogP contribution is -2.15. The minimum atomic E-state index is -0.000208. The fourth-order valence-electron chi connectivity index (χ4n) is 19.5. The Morgan fingerprint density at radius 1 is 0.193 bits per heavy atom. The van der Waals surface area contributed by atoms with Crippen LogP contribution in [0.25, 0.3) is 132 Å². The Kier molecular flexibility index (Phi) is 16.6. The van der Waals surface area contributed by atoms with Gasteiger partial charge in [-0.3, -0.25) is 0 Å². The van der Waals surface area contributed by atoms with Crippen LogP contribution in [0.5, 0.6) is 0 Å². The van der Waals surface area contributed by atoms with Crippen LogP contribution in [-0.4, -0.2) is 59.8 Å². The molecule has 6 aliphatic rings. The quantitative estimate of drug-likeness (QED) is 0.142. The second-order valence-corrected chi connectivity index (χ2v) is 33.8. The minimum Gasteiger partial charge on any atom is -0.244 e. The molecular weight excluding hydrogens is 1390 g/mol. The van der Waals surface area contributed by atoms with Crippen LogP contribution in [-0.2, 0) is 32.5 Å². The Hall–Kier alpha value is -13.3. The topological polar surface area (TPSA) is 155 Å². The Balaban J connectivity index is 0.0000000917. The van der Waals surface area contributed by atoms with Crippen molar-refractivity contribution in [3.05, 3.63) is 360 Å². The van der Waals surface area contributed by atoms with Gasteiger partial charge in [0, 0.05) is 108 Å². The van der Waals surface area contributed by atoms with Crippen LogP contribution in [0.3, 0.4) is 0 Å². The molecule has 0 aliphatic heterocycles. The minimum absolute atomic E-state index is 0.000208. The molecule has 6 heterocycles. The number of benzene rings is 12. The number of nitrogens with zero attached hydrogens (tertiary/aromatic N) is 12. The molecule has 0 bridgehead atoms. The second-order valence-electron chi connectivity index (χ2n) is 33.8. The molecule has 0 unspecified atom stereocenters. The summed E-state index contributed by atoms with van der Waals surface area (Å²) in [5, 5.41) is 6.76. The molecule has 12 heteroatoms. The van der Waals surface area contributed by atoms with Crippen molar-refractivity contribution in [1.29, 1.82) is 0 Å². The van der Waals surface area contributed by atoms with Gasteiger partial charge in [0.2, 0.25) is 0 Å². The lowest BCUT2D eigenvalue weighted by atomic mass is 9.81. The zero-order chi connectivity index (χ0) is 78.2. The average molecular weight is 1480 g/mol. The highest BCUT2D eigenvalue weighted by Gasteiger charge is 2.42. The van der Waals surface area contributed by atoms with Gasteiger partial charge in [0.25, 0.3) is 0 Å². The summed E-state index contributed by atoms with van der Waals surface area (Å²) >= 11 is 0. The normalized spacial score (nSPS) is 15.3. The largest absolute Gasteiger partial charge is 0.244 e. The summed E-state index contributed by atoms with van der Waals surface area (Å²) in [6.07, 6.45) is 21.2. The molecule has 0 atom stereocenters. The first-order valence-electron chi connectivity index (χ1n) is 39.1. The maximum absolute atomic E-state index is 4.52. The molecule has 114 heavy (non-hydrogen) atoms. The predicted molar refractivity (Wildman–Crippen MR) is 463 cm³/mol. The zero-order valence-corrected chi connectivity index (χ0v) is 66.1. The summed E-state index contributed by atoms with van der Waals surface area (Å²) in [7, 11) is 0. The van der Waals surface area contributed by atoms with Crippen molar-refractivity contribution in [3.8, 4) is 66.8 Å². The van der Waals surface area contributed by atoms with E-state index in [-0.39, 0.29) is 32.5 Å². The molecule has 0 radical (unpaired) electrons. The van der Waals surface area contributed by atoms with Gasteiger partial charge in [-0.1, -0.05) is 265 Å². The lowest BCUT2D eigenvalue weighted by Gasteiger charge is -2.22. The third kappa shape index (κ3) is 11.1. The fraction of sp³-hybridized carbons (Fsp3) is 0.176. The zero-order valence-electron chi connectivity index (χ0n) is 66.1. The van der Waals surface area contributed by atoms with Gasteiger partial charge in [0.15, 0.2) is 0 Å². The van der Waals surface area contributed by atoms with Crippen molar-refractivity contribution in [2.45, 2.75) is 116 Å². The van der Waals surface area contributed by atoms with E-state index in [1.54, 1.807) is 38.0 Å². The summed E-state index contributed by atoms with van der Waals surface area (Å²) in [5.74, 6) is 0. The van der Waals surface area contributed by atoms with Crippen LogP contribution < -0.4 is 0 Å². The molecule has 18 aromatic rings. The van der Waals surface area contributed by atoms with Crippen LogP contribution in [0, 0.1) is 0 Å². The van der Waals surface area contributed by atoms with Gasteiger partial charge in [-0.15, -0.1) is 0 Å². The molecule has 12 aromatic carbocycles. The van der Waals surface area contributed by atoms with E-state index in [4.69, 9.17) is 0 Å². The van der Waals surface area contributed by atoms with E-state index >= 15 is 0 Å². The van der Waals surface area contributed by atoms with Crippen molar-refractivity contribution < 1.29 is 0 Å². The summed E-state index contributed by atoms with van der Waals surface area (Å²) in [4.78, 5) is 51.4. The number of hydrogen-bond donors (Lipinski definition) is 0. The first-order chi connectivity index (χ1) is 55.1. The van der Waals surface area contributed by atoms with E-state index in [1.165, 1.54) is 139 Å². The van der Waals surface area contributed by atoms with E-state index < -0.39 is 0 Å². The number of aromatic nitrogens is 12. The van der Waals surface area contributed by atoms with E-state index in [0.717, 1.165) is 60.0 Å². The average Bonchev–Trinajstić information content (AvgIpc) is 1.60. The Bertz CT molecular complexity index is 6500. The number of fused-ring (bicyclic) bond motifs is 28. The summed E-state index contributed by atoms with van der Waals surface area (Å²) in [6.45, 7) is 27.4. The third-order valence-electron chi connectivity index (χ3n) is 25.3.